The molecule has 94 valence electrons. The number of benzene rings is 1. The summed E-state index contributed by atoms with van der Waals surface area (Å²) in [4.78, 5) is 0. The van der Waals surface area contributed by atoms with E-state index in [2.05, 4.69) is 34.2 Å². The standard InChI is InChI=1S/C14H19BrClN/c1-10(11-4-2-3-5-11)17-9-12-6-7-13(16)8-14(12)15/h6-8,10-11,17H,2-5,9H2,1H3. The van der Waals surface area contributed by atoms with Gasteiger partial charge in [-0.2, -0.15) is 0 Å². The molecule has 1 unspecified atom stereocenters. The number of halogens is 2. The van der Waals surface area contributed by atoms with Gasteiger partial charge in [0.2, 0.25) is 0 Å². The molecular formula is C14H19BrClN. The average molecular weight is 317 g/mol. The quantitative estimate of drug-likeness (QED) is 0.843. The van der Waals surface area contributed by atoms with Crippen LogP contribution < -0.4 is 5.32 Å². The lowest BCUT2D eigenvalue weighted by Crippen LogP contribution is -2.31. The third-order valence-corrected chi connectivity index (χ3v) is 4.71. The van der Waals surface area contributed by atoms with E-state index in [4.69, 9.17) is 11.6 Å². The van der Waals surface area contributed by atoms with Crippen molar-refractivity contribution in [3.8, 4) is 0 Å². The Morgan fingerprint density at radius 2 is 2.12 bits per heavy atom. The summed E-state index contributed by atoms with van der Waals surface area (Å²) in [5, 5.41) is 4.41. The maximum atomic E-state index is 5.93. The van der Waals surface area contributed by atoms with Gasteiger partial charge in [-0.3, -0.25) is 0 Å². The summed E-state index contributed by atoms with van der Waals surface area (Å²) in [7, 11) is 0. The lowest BCUT2D eigenvalue weighted by Gasteiger charge is -2.20. The first-order valence-corrected chi connectivity index (χ1v) is 7.51. The van der Waals surface area contributed by atoms with Crippen LogP contribution >= 0.6 is 27.5 Å². The number of rotatable bonds is 4. The summed E-state index contributed by atoms with van der Waals surface area (Å²) in [6.07, 6.45) is 5.58. The molecule has 0 aliphatic heterocycles. The molecule has 1 N–H and O–H groups in total. The van der Waals surface area contributed by atoms with Crippen LogP contribution in [0.25, 0.3) is 0 Å². The summed E-state index contributed by atoms with van der Waals surface area (Å²) >= 11 is 9.49. The highest BCUT2D eigenvalue weighted by molar-refractivity contribution is 9.10. The molecule has 1 aliphatic carbocycles. The van der Waals surface area contributed by atoms with E-state index >= 15 is 0 Å². The molecule has 17 heavy (non-hydrogen) atoms. The van der Waals surface area contributed by atoms with Gasteiger partial charge in [0.25, 0.3) is 0 Å². The summed E-state index contributed by atoms with van der Waals surface area (Å²) < 4.78 is 1.09. The second-order valence-electron chi connectivity index (χ2n) is 4.95. The van der Waals surface area contributed by atoms with Crippen LogP contribution in [0.3, 0.4) is 0 Å². The zero-order valence-corrected chi connectivity index (χ0v) is 12.5. The fraction of sp³-hybridized carbons (Fsp3) is 0.571. The summed E-state index contributed by atoms with van der Waals surface area (Å²) in [5.74, 6) is 0.862. The molecule has 0 saturated heterocycles. The molecule has 0 amide bonds. The molecule has 1 aromatic carbocycles. The number of hydrogen-bond donors (Lipinski definition) is 1. The van der Waals surface area contributed by atoms with Gasteiger partial charge in [-0.25, -0.2) is 0 Å². The molecule has 1 nitrogen and oxygen atoms in total. The van der Waals surface area contributed by atoms with Crippen LogP contribution in [0.5, 0.6) is 0 Å². The van der Waals surface area contributed by atoms with E-state index in [0.717, 1.165) is 22.0 Å². The van der Waals surface area contributed by atoms with Gasteiger partial charge in [-0.15, -0.1) is 0 Å². The zero-order chi connectivity index (χ0) is 12.3. The Labute approximate surface area is 117 Å². The molecule has 0 heterocycles. The van der Waals surface area contributed by atoms with Crippen LogP contribution in [0.4, 0.5) is 0 Å². The minimum absolute atomic E-state index is 0.611. The van der Waals surface area contributed by atoms with E-state index in [1.54, 1.807) is 0 Å². The fourth-order valence-corrected chi connectivity index (χ4v) is 3.38. The maximum Gasteiger partial charge on any atom is 0.0417 e. The van der Waals surface area contributed by atoms with Gasteiger partial charge in [-0.1, -0.05) is 46.4 Å². The Hall–Kier alpha value is -0.0500. The van der Waals surface area contributed by atoms with Crippen LogP contribution in [0.1, 0.15) is 38.2 Å². The minimum atomic E-state index is 0.611. The minimum Gasteiger partial charge on any atom is -0.310 e. The molecule has 3 heteroatoms. The molecule has 0 spiro atoms. The summed E-state index contributed by atoms with van der Waals surface area (Å²) in [5.41, 5.74) is 1.28. The maximum absolute atomic E-state index is 5.93. The molecular weight excluding hydrogens is 298 g/mol. The van der Waals surface area contributed by atoms with Crippen LogP contribution in [0.2, 0.25) is 5.02 Å². The molecule has 1 aliphatic rings. The highest BCUT2D eigenvalue weighted by Crippen LogP contribution is 2.28. The predicted octanol–water partition coefficient (Wildman–Crippen LogP) is 4.77. The van der Waals surface area contributed by atoms with Crippen molar-refractivity contribution < 1.29 is 0 Å². The van der Waals surface area contributed by atoms with Gasteiger partial charge in [0.05, 0.1) is 0 Å². The second kappa shape index (κ2) is 6.21. The lowest BCUT2D eigenvalue weighted by atomic mass is 9.99. The van der Waals surface area contributed by atoms with Crippen LogP contribution in [0.15, 0.2) is 22.7 Å². The van der Waals surface area contributed by atoms with Crippen molar-refractivity contribution in [2.75, 3.05) is 0 Å². The first-order valence-electron chi connectivity index (χ1n) is 6.34. The molecule has 1 aromatic rings. The molecule has 1 atom stereocenters. The van der Waals surface area contributed by atoms with E-state index in [1.165, 1.54) is 31.2 Å². The van der Waals surface area contributed by atoms with Gasteiger partial charge in [0.1, 0.15) is 0 Å². The third-order valence-electron chi connectivity index (χ3n) is 3.74. The Morgan fingerprint density at radius 1 is 1.41 bits per heavy atom. The van der Waals surface area contributed by atoms with Crippen LogP contribution in [0, 0.1) is 5.92 Å². The largest absolute Gasteiger partial charge is 0.310 e. The van der Waals surface area contributed by atoms with Gasteiger partial charge in [-0.05, 0) is 43.4 Å². The molecule has 0 bridgehead atoms. The van der Waals surface area contributed by atoms with E-state index < -0.39 is 0 Å². The van der Waals surface area contributed by atoms with Gasteiger partial charge in [0.15, 0.2) is 0 Å². The van der Waals surface area contributed by atoms with Crippen molar-refractivity contribution in [1.29, 1.82) is 0 Å². The van der Waals surface area contributed by atoms with E-state index in [1.807, 2.05) is 12.1 Å². The van der Waals surface area contributed by atoms with E-state index in [-0.39, 0.29) is 0 Å². The Bertz CT molecular complexity index is 374. The fourth-order valence-electron chi connectivity index (χ4n) is 2.56. The van der Waals surface area contributed by atoms with Crippen molar-refractivity contribution in [3.05, 3.63) is 33.3 Å². The summed E-state index contributed by atoms with van der Waals surface area (Å²) in [6.45, 7) is 3.22. The van der Waals surface area contributed by atoms with Crippen molar-refractivity contribution in [2.24, 2.45) is 5.92 Å². The second-order valence-corrected chi connectivity index (χ2v) is 6.24. The Morgan fingerprint density at radius 3 is 2.76 bits per heavy atom. The number of nitrogens with one attached hydrogen (secondary N) is 1. The molecule has 0 radical (unpaired) electrons. The average Bonchev–Trinajstić information content (AvgIpc) is 2.81. The van der Waals surface area contributed by atoms with E-state index in [9.17, 15) is 0 Å². The highest BCUT2D eigenvalue weighted by Gasteiger charge is 2.20. The van der Waals surface area contributed by atoms with E-state index in [0.29, 0.717) is 6.04 Å². The molecule has 2 rings (SSSR count). The number of hydrogen-bond acceptors (Lipinski definition) is 1. The monoisotopic (exact) mass is 315 g/mol. The summed E-state index contributed by atoms with van der Waals surface area (Å²) in [6, 6.07) is 6.60. The van der Waals surface area contributed by atoms with Crippen LogP contribution in [-0.4, -0.2) is 6.04 Å². The third kappa shape index (κ3) is 3.70. The predicted molar refractivity (Wildman–Crippen MR) is 77.4 cm³/mol. The van der Waals surface area contributed by atoms with Crippen molar-refractivity contribution in [2.45, 2.75) is 45.2 Å². The lowest BCUT2D eigenvalue weighted by molar-refractivity contribution is 0.380. The Kier molecular flexibility index (Phi) is 4.89. The van der Waals surface area contributed by atoms with Crippen molar-refractivity contribution >= 4 is 27.5 Å². The first kappa shape index (κ1) is 13.4. The SMILES string of the molecule is CC(NCc1ccc(Cl)cc1Br)C1CCCC1. The van der Waals surface area contributed by atoms with Crippen molar-refractivity contribution in [1.82, 2.24) is 5.32 Å². The van der Waals surface area contributed by atoms with Crippen molar-refractivity contribution in [3.63, 3.8) is 0 Å². The van der Waals surface area contributed by atoms with Gasteiger partial charge in [0, 0.05) is 22.1 Å². The molecule has 0 aromatic heterocycles. The smallest absolute Gasteiger partial charge is 0.0417 e. The topological polar surface area (TPSA) is 12.0 Å². The Balaban J connectivity index is 1.88. The first-order chi connectivity index (χ1) is 8.16. The van der Waals surface area contributed by atoms with Gasteiger partial charge >= 0.3 is 0 Å². The van der Waals surface area contributed by atoms with Gasteiger partial charge < -0.3 is 5.32 Å². The highest BCUT2D eigenvalue weighted by atomic mass is 79.9. The normalized spacial score (nSPS) is 18.5. The zero-order valence-electron chi connectivity index (χ0n) is 10.2. The molecule has 1 fully saturated rings. The van der Waals surface area contributed by atoms with Crippen LogP contribution in [-0.2, 0) is 6.54 Å². The molecule has 1 saturated carbocycles.